The fraction of sp³-hybridized carbons (Fsp3) is 0.650. The third-order valence-electron chi connectivity index (χ3n) is 6.67. The molecule has 2 saturated carbocycles. The van der Waals surface area contributed by atoms with Crippen molar-refractivity contribution < 1.29 is 9.72 Å². The van der Waals surface area contributed by atoms with Gasteiger partial charge in [0.25, 0.3) is 11.6 Å². The molecule has 1 aromatic carbocycles. The van der Waals surface area contributed by atoms with Crippen LogP contribution in [-0.2, 0) is 0 Å². The summed E-state index contributed by atoms with van der Waals surface area (Å²) in [5.41, 5.74) is 1.05. The zero-order valence-corrected chi connectivity index (χ0v) is 15.3. The highest BCUT2D eigenvalue weighted by Gasteiger charge is 2.42. The minimum atomic E-state index is -0.371. The normalized spacial score (nSPS) is 28.3. The van der Waals surface area contributed by atoms with Gasteiger partial charge in [0.2, 0.25) is 0 Å². The average molecular weight is 357 g/mol. The Morgan fingerprint density at radius 2 is 2.04 bits per heavy atom. The Kier molecular flexibility index (Phi) is 4.59. The number of rotatable bonds is 5. The van der Waals surface area contributed by atoms with Crippen LogP contribution in [0.15, 0.2) is 18.2 Å². The molecule has 0 aromatic heterocycles. The maximum Gasteiger partial charge on any atom is 0.293 e. The van der Waals surface area contributed by atoms with Crippen molar-refractivity contribution >= 4 is 17.3 Å². The molecule has 3 fully saturated rings. The molecule has 0 spiro atoms. The predicted molar refractivity (Wildman–Crippen MR) is 100 cm³/mol. The Hall–Kier alpha value is -2.11. The molecule has 140 valence electrons. The van der Waals surface area contributed by atoms with Crippen LogP contribution in [0.3, 0.4) is 0 Å². The van der Waals surface area contributed by atoms with Gasteiger partial charge in [0, 0.05) is 30.8 Å². The summed E-state index contributed by atoms with van der Waals surface area (Å²) >= 11 is 0. The minimum absolute atomic E-state index is 0.0344. The topological polar surface area (TPSA) is 75.5 Å². The van der Waals surface area contributed by atoms with Gasteiger partial charge < -0.3 is 10.2 Å². The fourth-order valence-electron chi connectivity index (χ4n) is 5.34. The number of nitrogens with one attached hydrogen (secondary N) is 1. The van der Waals surface area contributed by atoms with Gasteiger partial charge in [0.15, 0.2) is 0 Å². The van der Waals surface area contributed by atoms with Crippen LogP contribution in [0.5, 0.6) is 0 Å². The Morgan fingerprint density at radius 3 is 2.65 bits per heavy atom. The molecule has 1 aliphatic heterocycles. The molecule has 4 rings (SSSR count). The summed E-state index contributed by atoms with van der Waals surface area (Å²) in [6, 6.07) is 5.02. The number of amides is 1. The molecule has 1 aromatic rings. The number of carbonyl (C=O) groups is 1. The SMILES string of the molecule is CC(NC(=O)c1ccc(N2CCCC2)c([N+](=O)[O-])c1)C1CC2CCC1C2. The van der Waals surface area contributed by atoms with E-state index in [1.807, 2.05) is 4.90 Å². The molecule has 3 aliphatic rings. The Bertz CT molecular complexity index is 714. The number of hydrogen-bond acceptors (Lipinski definition) is 4. The van der Waals surface area contributed by atoms with Gasteiger partial charge in [-0.15, -0.1) is 0 Å². The summed E-state index contributed by atoms with van der Waals surface area (Å²) in [6.07, 6.45) is 7.25. The van der Waals surface area contributed by atoms with Crippen molar-refractivity contribution in [1.82, 2.24) is 5.32 Å². The summed E-state index contributed by atoms with van der Waals surface area (Å²) < 4.78 is 0. The highest BCUT2D eigenvalue weighted by molar-refractivity contribution is 5.96. The number of carbonyl (C=O) groups excluding carboxylic acids is 1. The van der Waals surface area contributed by atoms with Crippen molar-refractivity contribution in [2.45, 2.75) is 51.5 Å². The van der Waals surface area contributed by atoms with Crippen LogP contribution in [0.1, 0.15) is 55.8 Å². The van der Waals surface area contributed by atoms with Gasteiger partial charge in [-0.05, 0) is 68.9 Å². The van der Waals surface area contributed by atoms with Gasteiger partial charge in [-0.3, -0.25) is 14.9 Å². The highest BCUT2D eigenvalue weighted by atomic mass is 16.6. The van der Waals surface area contributed by atoms with Crippen LogP contribution in [0.25, 0.3) is 0 Å². The van der Waals surface area contributed by atoms with Crippen LogP contribution < -0.4 is 10.2 Å². The van der Waals surface area contributed by atoms with E-state index in [2.05, 4.69) is 12.2 Å². The molecular weight excluding hydrogens is 330 g/mol. The predicted octanol–water partition coefficient (Wildman–Crippen LogP) is 3.75. The molecular formula is C20H27N3O3. The second kappa shape index (κ2) is 6.89. The van der Waals surface area contributed by atoms with Crippen LogP contribution in [0.4, 0.5) is 11.4 Å². The first-order valence-electron chi connectivity index (χ1n) is 9.87. The van der Waals surface area contributed by atoms with E-state index in [9.17, 15) is 14.9 Å². The summed E-state index contributed by atoms with van der Waals surface area (Å²) in [4.78, 5) is 25.9. The quantitative estimate of drug-likeness (QED) is 0.643. The molecule has 2 bridgehead atoms. The van der Waals surface area contributed by atoms with Crippen LogP contribution in [0, 0.1) is 27.9 Å². The molecule has 1 N–H and O–H groups in total. The molecule has 4 unspecified atom stereocenters. The Morgan fingerprint density at radius 1 is 1.27 bits per heavy atom. The monoisotopic (exact) mass is 357 g/mol. The van der Waals surface area contributed by atoms with Gasteiger partial charge in [0.1, 0.15) is 5.69 Å². The molecule has 0 radical (unpaired) electrons. The number of benzene rings is 1. The van der Waals surface area contributed by atoms with Gasteiger partial charge in [0.05, 0.1) is 4.92 Å². The minimum Gasteiger partial charge on any atom is -0.366 e. The smallest absolute Gasteiger partial charge is 0.293 e. The molecule has 6 nitrogen and oxygen atoms in total. The second-order valence-corrected chi connectivity index (χ2v) is 8.26. The molecule has 1 amide bonds. The largest absolute Gasteiger partial charge is 0.366 e. The van der Waals surface area contributed by atoms with Crippen molar-refractivity contribution in [3.63, 3.8) is 0 Å². The van der Waals surface area contributed by atoms with E-state index in [-0.39, 0.29) is 22.6 Å². The lowest BCUT2D eigenvalue weighted by Gasteiger charge is -2.28. The third-order valence-corrected chi connectivity index (χ3v) is 6.67. The highest BCUT2D eigenvalue weighted by Crippen LogP contribution is 2.49. The Balaban J connectivity index is 1.48. The summed E-state index contributed by atoms with van der Waals surface area (Å²) in [7, 11) is 0. The van der Waals surface area contributed by atoms with Crippen molar-refractivity contribution in [3.05, 3.63) is 33.9 Å². The van der Waals surface area contributed by atoms with E-state index < -0.39 is 0 Å². The first-order valence-corrected chi connectivity index (χ1v) is 9.87. The number of fused-ring (bicyclic) bond motifs is 2. The van der Waals surface area contributed by atoms with Gasteiger partial charge in [-0.25, -0.2) is 0 Å². The molecule has 26 heavy (non-hydrogen) atoms. The number of hydrogen-bond donors (Lipinski definition) is 1. The summed E-state index contributed by atoms with van der Waals surface area (Å²) in [6.45, 7) is 3.76. The lowest BCUT2D eigenvalue weighted by Crippen LogP contribution is -2.40. The van der Waals surface area contributed by atoms with Gasteiger partial charge >= 0.3 is 0 Å². The van der Waals surface area contributed by atoms with Crippen LogP contribution in [0.2, 0.25) is 0 Å². The molecule has 6 heteroatoms. The second-order valence-electron chi connectivity index (χ2n) is 8.26. The van der Waals surface area contributed by atoms with Crippen molar-refractivity contribution in [3.8, 4) is 0 Å². The van der Waals surface area contributed by atoms with Crippen molar-refractivity contribution in [1.29, 1.82) is 0 Å². The number of nitrogens with zero attached hydrogens (tertiary/aromatic N) is 2. The fourth-order valence-corrected chi connectivity index (χ4v) is 5.34. The molecule has 1 saturated heterocycles. The zero-order valence-electron chi connectivity index (χ0n) is 15.3. The first-order chi connectivity index (χ1) is 12.5. The standard InChI is InChI=1S/C20H27N3O3/c1-13(17-11-14-4-5-15(17)10-14)21-20(24)16-6-7-18(19(12-16)23(25)26)22-8-2-3-9-22/h6-7,12-15,17H,2-5,8-11H2,1H3,(H,21,24). The van der Waals surface area contributed by atoms with E-state index in [0.717, 1.165) is 37.8 Å². The number of anilines is 1. The van der Waals surface area contributed by atoms with Crippen LogP contribution in [-0.4, -0.2) is 30.0 Å². The van der Waals surface area contributed by atoms with Gasteiger partial charge in [-0.2, -0.15) is 0 Å². The van der Waals surface area contributed by atoms with E-state index in [1.54, 1.807) is 12.1 Å². The maximum atomic E-state index is 12.7. The Labute approximate surface area is 154 Å². The van der Waals surface area contributed by atoms with E-state index in [0.29, 0.717) is 17.2 Å². The molecule has 4 atom stereocenters. The number of nitro groups is 1. The lowest BCUT2D eigenvalue weighted by atomic mass is 9.84. The molecule has 2 aliphatic carbocycles. The van der Waals surface area contributed by atoms with E-state index in [4.69, 9.17) is 0 Å². The number of nitro benzene ring substituents is 1. The first kappa shape index (κ1) is 17.3. The maximum absolute atomic E-state index is 12.7. The lowest BCUT2D eigenvalue weighted by molar-refractivity contribution is -0.384. The average Bonchev–Trinajstić information content (AvgIpc) is 3.38. The third kappa shape index (κ3) is 3.17. The van der Waals surface area contributed by atoms with Crippen molar-refractivity contribution in [2.75, 3.05) is 18.0 Å². The molecule has 1 heterocycles. The van der Waals surface area contributed by atoms with Gasteiger partial charge in [-0.1, -0.05) is 6.42 Å². The van der Waals surface area contributed by atoms with Crippen LogP contribution >= 0.6 is 0 Å². The zero-order chi connectivity index (χ0) is 18.3. The van der Waals surface area contributed by atoms with Crippen molar-refractivity contribution in [2.24, 2.45) is 17.8 Å². The summed E-state index contributed by atoms with van der Waals surface area (Å²) in [5.74, 6) is 1.93. The van der Waals surface area contributed by atoms with E-state index in [1.165, 1.54) is 31.7 Å². The van der Waals surface area contributed by atoms with E-state index >= 15 is 0 Å². The summed E-state index contributed by atoms with van der Waals surface area (Å²) in [5, 5.41) is 14.6.